The van der Waals surface area contributed by atoms with E-state index in [-0.39, 0.29) is 6.61 Å². The molecule has 18 heavy (non-hydrogen) atoms. The minimum absolute atomic E-state index is 0.0534. The van der Waals surface area contributed by atoms with Gasteiger partial charge in [-0.2, -0.15) is 0 Å². The molecule has 94 valence electrons. The van der Waals surface area contributed by atoms with Crippen LogP contribution in [0.25, 0.3) is 0 Å². The number of ether oxygens (including phenoxy) is 1. The summed E-state index contributed by atoms with van der Waals surface area (Å²) in [7, 11) is 0. The van der Waals surface area contributed by atoms with Gasteiger partial charge in [0.25, 0.3) is 0 Å². The number of benzene rings is 2. The summed E-state index contributed by atoms with van der Waals surface area (Å²) in [5.74, 6) is 1.35. The third kappa shape index (κ3) is 2.72. The van der Waals surface area contributed by atoms with Crippen LogP contribution in [-0.2, 0) is 13.2 Å². The first-order valence-electron chi connectivity index (χ1n) is 5.60. The van der Waals surface area contributed by atoms with Crippen molar-refractivity contribution in [3.63, 3.8) is 0 Å². The van der Waals surface area contributed by atoms with Crippen LogP contribution >= 0.6 is 15.9 Å². The van der Waals surface area contributed by atoms with Gasteiger partial charge < -0.3 is 15.6 Å². The number of aliphatic hydroxyl groups excluding tert-OH is 1. The number of hydrogen-bond donors (Lipinski definition) is 2. The van der Waals surface area contributed by atoms with E-state index in [2.05, 4.69) is 15.9 Å². The standard InChI is InChI=1S/C14H14BrNO2/c15-12-5-3-7-14(11(12)8-16)18-13-6-2-1-4-10(13)9-17/h1-7,17H,8-9,16H2. The van der Waals surface area contributed by atoms with Crippen LogP contribution in [0.3, 0.4) is 0 Å². The highest BCUT2D eigenvalue weighted by atomic mass is 79.9. The molecule has 3 N–H and O–H groups in total. The highest BCUT2D eigenvalue weighted by Crippen LogP contribution is 2.31. The van der Waals surface area contributed by atoms with Crippen molar-refractivity contribution in [3.8, 4) is 11.5 Å². The number of rotatable bonds is 4. The third-order valence-electron chi connectivity index (χ3n) is 2.64. The Morgan fingerprint density at radius 1 is 1.06 bits per heavy atom. The molecule has 3 nitrogen and oxygen atoms in total. The molecule has 0 heterocycles. The first-order chi connectivity index (χ1) is 8.76. The first-order valence-corrected chi connectivity index (χ1v) is 6.39. The minimum Gasteiger partial charge on any atom is -0.457 e. The van der Waals surface area contributed by atoms with E-state index in [9.17, 15) is 5.11 Å². The molecule has 0 atom stereocenters. The van der Waals surface area contributed by atoms with Gasteiger partial charge in [0, 0.05) is 22.1 Å². The van der Waals surface area contributed by atoms with Crippen LogP contribution in [0.2, 0.25) is 0 Å². The second-order valence-electron chi connectivity index (χ2n) is 3.79. The first kappa shape index (κ1) is 13.1. The summed E-state index contributed by atoms with van der Waals surface area (Å²) in [5, 5.41) is 9.26. The van der Waals surface area contributed by atoms with Crippen molar-refractivity contribution in [2.45, 2.75) is 13.2 Å². The van der Waals surface area contributed by atoms with E-state index < -0.39 is 0 Å². The van der Waals surface area contributed by atoms with Crippen molar-refractivity contribution < 1.29 is 9.84 Å². The van der Waals surface area contributed by atoms with Crippen LogP contribution in [0.5, 0.6) is 11.5 Å². The van der Waals surface area contributed by atoms with E-state index in [4.69, 9.17) is 10.5 Å². The molecule has 0 aliphatic rings. The van der Waals surface area contributed by atoms with E-state index in [1.54, 1.807) is 0 Å². The monoisotopic (exact) mass is 307 g/mol. The van der Waals surface area contributed by atoms with Gasteiger partial charge in [-0.3, -0.25) is 0 Å². The molecule has 0 amide bonds. The van der Waals surface area contributed by atoms with Gasteiger partial charge in [-0.1, -0.05) is 40.2 Å². The molecule has 0 saturated carbocycles. The topological polar surface area (TPSA) is 55.5 Å². The summed E-state index contributed by atoms with van der Waals surface area (Å²) >= 11 is 3.45. The van der Waals surface area contributed by atoms with Gasteiger partial charge in [0.15, 0.2) is 0 Å². The number of para-hydroxylation sites is 1. The highest BCUT2D eigenvalue weighted by molar-refractivity contribution is 9.10. The normalized spacial score (nSPS) is 10.4. The molecular weight excluding hydrogens is 294 g/mol. The molecule has 0 unspecified atom stereocenters. The number of aliphatic hydroxyl groups is 1. The Bertz CT molecular complexity index is 543. The zero-order chi connectivity index (χ0) is 13.0. The fourth-order valence-electron chi connectivity index (χ4n) is 1.69. The van der Waals surface area contributed by atoms with Crippen molar-refractivity contribution in [1.82, 2.24) is 0 Å². The lowest BCUT2D eigenvalue weighted by atomic mass is 10.2. The van der Waals surface area contributed by atoms with E-state index >= 15 is 0 Å². The van der Waals surface area contributed by atoms with E-state index in [0.717, 1.165) is 15.6 Å². The second-order valence-corrected chi connectivity index (χ2v) is 4.64. The largest absolute Gasteiger partial charge is 0.457 e. The third-order valence-corrected chi connectivity index (χ3v) is 3.39. The van der Waals surface area contributed by atoms with Gasteiger partial charge in [-0.25, -0.2) is 0 Å². The molecular formula is C14H14BrNO2. The lowest BCUT2D eigenvalue weighted by Crippen LogP contribution is -2.01. The molecule has 0 aromatic heterocycles. The lowest BCUT2D eigenvalue weighted by Gasteiger charge is -2.13. The molecule has 0 spiro atoms. The summed E-state index contributed by atoms with van der Waals surface area (Å²) in [4.78, 5) is 0. The Balaban J connectivity index is 2.37. The Morgan fingerprint density at radius 2 is 1.78 bits per heavy atom. The van der Waals surface area contributed by atoms with Crippen LogP contribution in [0.4, 0.5) is 0 Å². The Kier molecular flexibility index (Phi) is 4.36. The van der Waals surface area contributed by atoms with Crippen molar-refractivity contribution in [1.29, 1.82) is 0 Å². The van der Waals surface area contributed by atoms with Crippen LogP contribution in [0, 0.1) is 0 Å². The molecule has 0 aliphatic carbocycles. The smallest absolute Gasteiger partial charge is 0.133 e. The fourth-order valence-corrected chi connectivity index (χ4v) is 2.19. The van der Waals surface area contributed by atoms with E-state index in [1.807, 2.05) is 42.5 Å². The summed E-state index contributed by atoms with van der Waals surface area (Å²) in [6.07, 6.45) is 0. The highest BCUT2D eigenvalue weighted by Gasteiger charge is 2.09. The molecule has 2 rings (SSSR count). The predicted molar refractivity (Wildman–Crippen MR) is 74.5 cm³/mol. The van der Waals surface area contributed by atoms with Gasteiger partial charge in [0.2, 0.25) is 0 Å². The maximum absolute atomic E-state index is 9.26. The van der Waals surface area contributed by atoms with Crippen LogP contribution in [-0.4, -0.2) is 5.11 Å². The average molecular weight is 308 g/mol. The maximum atomic E-state index is 9.26. The predicted octanol–water partition coefficient (Wildman–Crippen LogP) is 3.19. The summed E-state index contributed by atoms with van der Waals surface area (Å²) in [6, 6.07) is 13.1. The van der Waals surface area contributed by atoms with Crippen molar-refractivity contribution in [2.75, 3.05) is 0 Å². The molecule has 0 saturated heterocycles. The van der Waals surface area contributed by atoms with Crippen molar-refractivity contribution in [2.24, 2.45) is 5.73 Å². The van der Waals surface area contributed by atoms with Gasteiger partial charge in [0.1, 0.15) is 11.5 Å². The van der Waals surface area contributed by atoms with E-state index in [1.165, 1.54) is 0 Å². The maximum Gasteiger partial charge on any atom is 0.133 e. The van der Waals surface area contributed by atoms with Crippen molar-refractivity contribution in [3.05, 3.63) is 58.1 Å². The molecule has 0 aliphatic heterocycles. The Morgan fingerprint density at radius 3 is 2.50 bits per heavy atom. The molecule has 0 fully saturated rings. The Hall–Kier alpha value is -1.36. The average Bonchev–Trinajstić information content (AvgIpc) is 2.40. The van der Waals surface area contributed by atoms with E-state index in [0.29, 0.717) is 18.0 Å². The van der Waals surface area contributed by atoms with Crippen LogP contribution in [0.1, 0.15) is 11.1 Å². The van der Waals surface area contributed by atoms with Gasteiger partial charge in [-0.15, -0.1) is 0 Å². The summed E-state index contributed by atoms with van der Waals surface area (Å²) in [5.41, 5.74) is 7.37. The minimum atomic E-state index is -0.0534. The summed E-state index contributed by atoms with van der Waals surface area (Å²) < 4.78 is 6.75. The number of nitrogens with two attached hydrogens (primary N) is 1. The van der Waals surface area contributed by atoms with Crippen LogP contribution < -0.4 is 10.5 Å². The zero-order valence-corrected chi connectivity index (χ0v) is 11.4. The summed E-state index contributed by atoms with van der Waals surface area (Å²) in [6.45, 7) is 0.334. The molecule has 0 bridgehead atoms. The molecule has 0 radical (unpaired) electrons. The molecule has 2 aromatic carbocycles. The zero-order valence-electron chi connectivity index (χ0n) is 9.77. The van der Waals surface area contributed by atoms with Crippen LogP contribution in [0.15, 0.2) is 46.9 Å². The van der Waals surface area contributed by atoms with Gasteiger partial charge in [-0.05, 0) is 18.2 Å². The molecule has 4 heteroatoms. The molecule has 2 aromatic rings. The fraction of sp³-hybridized carbons (Fsp3) is 0.143. The quantitative estimate of drug-likeness (QED) is 0.912. The lowest BCUT2D eigenvalue weighted by molar-refractivity contribution is 0.276. The Labute approximate surface area is 114 Å². The number of halogens is 1. The number of hydrogen-bond acceptors (Lipinski definition) is 3. The van der Waals surface area contributed by atoms with Gasteiger partial charge >= 0.3 is 0 Å². The second kappa shape index (κ2) is 6.00. The van der Waals surface area contributed by atoms with Gasteiger partial charge in [0.05, 0.1) is 6.61 Å². The SMILES string of the molecule is NCc1c(Br)cccc1Oc1ccccc1CO. The van der Waals surface area contributed by atoms with Crippen molar-refractivity contribution >= 4 is 15.9 Å².